The smallest absolute Gasteiger partial charge is 0.418 e. The van der Waals surface area contributed by atoms with Crippen LogP contribution < -0.4 is 10.1 Å². The van der Waals surface area contributed by atoms with E-state index in [1.165, 1.54) is 30.3 Å². The minimum atomic E-state index is -4.54. The number of hydrogen-bond donors (Lipinski definition) is 1. The molecule has 0 spiro atoms. The number of nitrogens with one attached hydrogen (secondary N) is 1. The highest BCUT2D eigenvalue weighted by Gasteiger charge is 2.33. The molecular weight excluding hydrogens is 399 g/mol. The first kappa shape index (κ1) is 20.8. The van der Waals surface area contributed by atoms with Gasteiger partial charge in [0.2, 0.25) is 0 Å². The first-order valence-corrected chi connectivity index (χ1v) is 9.80. The van der Waals surface area contributed by atoms with E-state index in [-0.39, 0.29) is 11.3 Å². The summed E-state index contributed by atoms with van der Waals surface area (Å²) in [6, 6.07) is 21.1. The maximum atomic E-state index is 13.0. The van der Waals surface area contributed by atoms with Crippen LogP contribution in [0.3, 0.4) is 0 Å². The molecule has 0 heterocycles. The van der Waals surface area contributed by atoms with Crippen molar-refractivity contribution in [1.82, 2.24) is 0 Å². The van der Waals surface area contributed by atoms with Gasteiger partial charge in [-0.3, -0.25) is 4.79 Å². The van der Waals surface area contributed by atoms with Crippen LogP contribution in [0.5, 0.6) is 5.75 Å². The predicted octanol–water partition coefficient (Wildman–Crippen LogP) is 6.13. The highest BCUT2D eigenvalue weighted by molar-refractivity contribution is 7.99. The molecule has 3 nitrogen and oxygen atoms in total. The number of para-hydroxylation sites is 1. The van der Waals surface area contributed by atoms with Crippen molar-refractivity contribution in [2.45, 2.75) is 11.1 Å². The molecule has 0 radical (unpaired) electrons. The highest BCUT2D eigenvalue weighted by atomic mass is 32.2. The molecule has 0 unspecified atom stereocenters. The van der Waals surface area contributed by atoms with Gasteiger partial charge in [-0.2, -0.15) is 13.2 Å². The zero-order valence-corrected chi connectivity index (χ0v) is 16.1. The molecule has 1 amide bonds. The normalized spacial score (nSPS) is 11.1. The zero-order chi connectivity index (χ0) is 20.7. The van der Waals surface area contributed by atoms with Crippen molar-refractivity contribution < 1.29 is 22.7 Å². The van der Waals surface area contributed by atoms with Gasteiger partial charge in [-0.05, 0) is 48.5 Å². The minimum absolute atomic E-state index is 0.244. The second kappa shape index (κ2) is 9.52. The van der Waals surface area contributed by atoms with Gasteiger partial charge in [-0.15, -0.1) is 11.8 Å². The Labute approximate surface area is 170 Å². The molecule has 0 fully saturated rings. The van der Waals surface area contributed by atoms with Gasteiger partial charge in [0, 0.05) is 16.2 Å². The number of amides is 1. The summed E-state index contributed by atoms with van der Waals surface area (Å²) in [5.74, 6) is 0.735. The van der Waals surface area contributed by atoms with Gasteiger partial charge in [0.25, 0.3) is 5.91 Å². The number of rotatable bonds is 7. The Kier molecular flexibility index (Phi) is 6.82. The number of anilines is 1. The quantitative estimate of drug-likeness (QED) is 0.371. The summed E-state index contributed by atoms with van der Waals surface area (Å²) in [4.78, 5) is 13.5. The van der Waals surface area contributed by atoms with Crippen LogP contribution in [0, 0.1) is 0 Å². The lowest BCUT2D eigenvalue weighted by Crippen LogP contribution is -2.16. The molecule has 3 aromatic carbocycles. The summed E-state index contributed by atoms with van der Waals surface area (Å²) < 4.78 is 44.8. The largest absolute Gasteiger partial charge is 0.493 e. The predicted molar refractivity (Wildman–Crippen MR) is 109 cm³/mol. The topological polar surface area (TPSA) is 38.3 Å². The third-order valence-electron chi connectivity index (χ3n) is 3.96. The van der Waals surface area contributed by atoms with Gasteiger partial charge >= 0.3 is 6.18 Å². The van der Waals surface area contributed by atoms with Gasteiger partial charge in [-0.25, -0.2) is 0 Å². The Hall–Kier alpha value is -2.93. The average Bonchev–Trinajstić information content (AvgIpc) is 2.72. The Balaban J connectivity index is 1.54. The number of carbonyl (C=O) groups excluding carboxylic acids is 1. The van der Waals surface area contributed by atoms with Crippen molar-refractivity contribution in [3.8, 4) is 5.75 Å². The number of ether oxygens (including phenoxy) is 1. The summed E-state index contributed by atoms with van der Waals surface area (Å²) in [5, 5.41) is 2.32. The van der Waals surface area contributed by atoms with E-state index in [1.807, 2.05) is 30.3 Å². The molecule has 150 valence electrons. The lowest BCUT2D eigenvalue weighted by atomic mass is 10.1. The van der Waals surface area contributed by atoms with Crippen LogP contribution in [0.4, 0.5) is 18.9 Å². The van der Waals surface area contributed by atoms with Crippen molar-refractivity contribution in [3.05, 3.63) is 90.0 Å². The average molecular weight is 417 g/mol. The Bertz CT molecular complexity index is 944. The van der Waals surface area contributed by atoms with E-state index in [0.29, 0.717) is 12.4 Å². The Morgan fingerprint density at radius 3 is 2.24 bits per heavy atom. The molecule has 0 aliphatic carbocycles. The van der Waals surface area contributed by atoms with Gasteiger partial charge in [0.1, 0.15) is 5.75 Å². The summed E-state index contributed by atoms with van der Waals surface area (Å²) in [6.45, 7) is 0.490. The number of carbonyl (C=O) groups is 1. The van der Waals surface area contributed by atoms with E-state index in [2.05, 4.69) is 5.32 Å². The van der Waals surface area contributed by atoms with E-state index in [4.69, 9.17) is 4.74 Å². The number of thioether (sulfide) groups is 1. The SMILES string of the molecule is O=C(Nc1ccccc1C(F)(F)F)c1ccc(OCCSc2ccccc2)cc1. The summed E-state index contributed by atoms with van der Waals surface area (Å²) in [6.07, 6.45) is -4.54. The second-order valence-corrected chi connectivity index (χ2v) is 7.20. The lowest BCUT2D eigenvalue weighted by molar-refractivity contribution is -0.136. The molecule has 0 saturated heterocycles. The molecule has 0 aliphatic heterocycles. The van der Waals surface area contributed by atoms with Crippen LogP contribution >= 0.6 is 11.8 Å². The number of halogens is 3. The first-order chi connectivity index (χ1) is 13.9. The van der Waals surface area contributed by atoms with E-state index >= 15 is 0 Å². The molecule has 0 aromatic heterocycles. The summed E-state index contributed by atoms with van der Waals surface area (Å²) in [7, 11) is 0. The summed E-state index contributed by atoms with van der Waals surface area (Å²) >= 11 is 1.67. The molecular formula is C22H18F3NO2S. The maximum absolute atomic E-state index is 13.0. The van der Waals surface area contributed by atoms with Gasteiger partial charge < -0.3 is 10.1 Å². The lowest BCUT2D eigenvalue weighted by Gasteiger charge is -2.13. The van der Waals surface area contributed by atoms with E-state index < -0.39 is 17.6 Å². The van der Waals surface area contributed by atoms with Crippen molar-refractivity contribution in [1.29, 1.82) is 0 Å². The molecule has 0 saturated carbocycles. The Morgan fingerprint density at radius 1 is 0.897 bits per heavy atom. The van der Waals surface area contributed by atoms with Gasteiger partial charge in [-0.1, -0.05) is 30.3 Å². The number of benzene rings is 3. The van der Waals surface area contributed by atoms with Crippen LogP contribution in [-0.2, 0) is 6.18 Å². The fraction of sp³-hybridized carbons (Fsp3) is 0.136. The third kappa shape index (κ3) is 6.02. The van der Waals surface area contributed by atoms with Gasteiger partial charge in [0.05, 0.1) is 17.9 Å². The highest BCUT2D eigenvalue weighted by Crippen LogP contribution is 2.34. The first-order valence-electron chi connectivity index (χ1n) is 8.82. The number of alkyl halides is 3. The monoisotopic (exact) mass is 417 g/mol. The van der Waals surface area contributed by atoms with E-state index in [1.54, 1.807) is 23.9 Å². The molecule has 1 N–H and O–H groups in total. The van der Waals surface area contributed by atoms with Crippen molar-refractivity contribution in [2.24, 2.45) is 0 Å². The molecule has 3 rings (SSSR count). The van der Waals surface area contributed by atoms with Crippen molar-refractivity contribution in [3.63, 3.8) is 0 Å². The molecule has 7 heteroatoms. The standard InChI is InChI=1S/C22H18F3NO2S/c23-22(24,25)19-8-4-5-9-20(19)26-21(27)16-10-12-17(13-11-16)28-14-15-29-18-6-2-1-3-7-18/h1-13H,14-15H2,(H,26,27). The van der Waals surface area contributed by atoms with Crippen LogP contribution in [-0.4, -0.2) is 18.3 Å². The summed E-state index contributed by atoms with van der Waals surface area (Å²) in [5.41, 5.74) is -0.916. The van der Waals surface area contributed by atoms with Crippen molar-refractivity contribution in [2.75, 3.05) is 17.7 Å². The second-order valence-electron chi connectivity index (χ2n) is 6.03. The molecule has 0 bridgehead atoms. The maximum Gasteiger partial charge on any atom is 0.418 e. The van der Waals surface area contributed by atoms with Crippen LogP contribution in [0.25, 0.3) is 0 Å². The minimum Gasteiger partial charge on any atom is -0.493 e. The van der Waals surface area contributed by atoms with Crippen LogP contribution in [0.1, 0.15) is 15.9 Å². The van der Waals surface area contributed by atoms with Crippen LogP contribution in [0.15, 0.2) is 83.8 Å². The fourth-order valence-electron chi connectivity index (χ4n) is 2.57. The van der Waals surface area contributed by atoms with E-state index in [9.17, 15) is 18.0 Å². The molecule has 0 aliphatic rings. The zero-order valence-electron chi connectivity index (χ0n) is 15.3. The number of hydrogen-bond acceptors (Lipinski definition) is 3. The molecule has 0 atom stereocenters. The molecule has 3 aromatic rings. The molecule has 29 heavy (non-hydrogen) atoms. The van der Waals surface area contributed by atoms with Gasteiger partial charge in [0.15, 0.2) is 0 Å². The fourth-order valence-corrected chi connectivity index (χ4v) is 3.32. The van der Waals surface area contributed by atoms with Crippen LogP contribution in [0.2, 0.25) is 0 Å². The van der Waals surface area contributed by atoms with E-state index in [0.717, 1.165) is 16.7 Å². The van der Waals surface area contributed by atoms with Crippen molar-refractivity contribution >= 4 is 23.4 Å². The Morgan fingerprint density at radius 2 is 1.55 bits per heavy atom. The third-order valence-corrected chi connectivity index (χ3v) is 4.94.